The van der Waals surface area contributed by atoms with Gasteiger partial charge in [-0.25, -0.2) is 0 Å². The van der Waals surface area contributed by atoms with Gasteiger partial charge in [-0.2, -0.15) is 0 Å². The number of piperidine rings is 2. The smallest absolute Gasteiger partial charge is 0.236 e. The van der Waals surface area contributed by atoms with Crippen molar-refractivity contribution >= 4 is 5.91 Å². The number of carbonyl (C=O) groups is 1. The van der Waals surface area contributed by atoms with Gasteiger partial charge in [0.05, 0.1) is 6.54 Å². The molecule has 2 saturated heterocycles. The van der Waals surface area contributed by atoms with E-state index in [1.54, 1.807) is 4.90 Å². The fourth-order valence-electron chi connectivity index (χ4n) is 3.17. The molecule has 124 valence electrons. The Bertz CT molecular complexity index is 290. The maximum Gasteiger partial charge on any atom is 0.236 e. The van der Waals surface area contributed by atoms with Crippen LogP contribution in [0, 0.1) is 5.92 Å². The van der Waals surface area contributed by atoms with Gasteiger partial charge >= 0.3 is 0 Å². The molecule has 0 aromatic heterocycles. The Balaban J connectivity index is 0.00000106. The molecule has 4 nitrogen and oxygen atoms in total. The zero-order chi connectivity index (χ0) is 15.8. The molecule has 0 bridgehead atoms. The highest BCUT2D eigenvalue weighted by Gasteiger charge is 2.27. The molecule has 4 heteroatoms. The Hall–Kier alpha value is -0.610. The van der Waals surface area contributed by atoms with Crippen LogP contribution in [-0.4, -0.2) is 73.5 Å². The van der Waals surface area contributed by atoms with Crippen molar-refractivity contribution in [3.8, 4) is 0 Å². The Labute approximate surface area is 131 Å². The van der Waals surface area contributed by atoms with Crippen LogP contribution >= 0.6 is 0 Å². The monoisotopic (exact) mass is 297 g/mol. The molecule has 0 atom stereocenters. The Morgan fingerprint density at radius 1 is 1.00 bits per heavy atom. The molecule has 0 aromatic carbocycles. The van der Waals surface area contributed by atoms with Gasteiger partial charge in [-0.1, -0.05) is 20.8 Å². The lowest BCUT2D eigenvalue weighted by Gasteiger charge is -2.41. The molecular weight excluding hydrogens is 262 g/mol. The summed E-state index contributed by atoms with van der Waals surface area (Å²) >= 11 is 0. The molecule has 0 unspecified atom stereocenters. The molecular formula is C17H35N3O. The number of rotatable bonds is 3. The van der Waals surface area contributed by atoms with Gasteiger partial charge in [0.15, 0.2) is 0 Å². The molecule has 0 aromatic rings. The first kappa shape index (κ1) is 18.4. The first-order valence-electron chi connectivity index (χ1n) is 8.73. The van der Waals surface area contributed by atoms with Crippen molar-refractivity contribution < 1.29 is 4.79 Å². The molecule has 2 aliphatic rings. The highest BCUT2D eigenvalue weighted by molar-refractivity contribution is 5.77. The van der Waals surface area contributed by atoms with E-state index in [1.165, 1.54) is 38.8 Å². The molecule has 2 heterocycles. The van der Waals surface area contributed by atoms with Crippen molar-refractivity contribution in [1.82, 2.24) is 14.7 Å². The van der Waals surface area contributed by atoms with Crippen LogP contribution in [0.4, 0.5) is 0 Å². The van der Waals surface area contributed by atoms with Gasteiger partial charge in [0.25, 0.3) is 0 Å². The van der Waals surface area contributed by atoms with Crippen LogP contribution in [0.2, 0.25) is 0 Å². The van der Waals surface area contributed by atoms with Crippen molar-refractivity contribution in [2.75, 3.05) is 46.8 Å². The summed E-state index contributed by atoms with van der Waals surface area (Å²) in [7, 11) is 3.67. The minimum absolute atomic E-state index is 0.227. The largest absolute Gasteiger partial charge is 0.348 e. The summed E-state index contributed by atoms with van der Waals surface area (Å²) < 4.78 is 0. The summed E-state index contributed by atoms with van der Waals surface area (Å²) in [4.78, 5) is 18.4. The van der Waals surface area contributed by atoms with Gasteiger partial charge in [0.2, 0.25) is 5.91 Å². The maximum atomic E-state index is 11.7. The van der Waals surface area contributed by atoms with Gasteiger partial charge in [-0.05, 0) is 44.7 Å². The molecule has 2 rings (SSSR count). The summed E-state index contributed by atoms with van der Waals surface area (Å²) in [6.07, 6.45) is 5.18. The van der Waals surface area contributed by atoms with E-state index in [-0.39, 0.29) is 5.91 Å². The van der Waals surface area contributed by atoms with Crippen molar-refractivity contribution in [3.63, 3.8) is 0 Å². The van der Waals surface area contributed by atoms with Crippen LogP contribution in [-0.2, 0) is 4.79 Å². The van der Waals surface area contributed by atoms with Gasteiger partial charge in [-0.3, -0.25) is 9.69 Å². The average Bonchev–Trinajstić information content (AvgIpc) is 2.51. The minimum Gasteiger partial charge on any atom is -0.348 e. The van der Waals surface area contributed by atoms with Crippen LogP contribution in [0.3, 0.4) is 0 Å². The number of likely N-dealkylation sites (N-methyl/N-ethyl adjacent to an activating group) is 1. The highest BCUT2D eigenvalue weighted by atomic mass is 16.2. The van der Waals surface area contributed by atoms with Crippen LogP contribution in [0.25, 0.3) is 0 Å². The molecule has 0 radical (unpaired) electrons. The maximum absolute atomic E-state index is 11.7. The molecule has 0 N–H and O–H groups in total. The fraction of sp³-hybridized carbons (Fsp3) is 0.941. The van der Waals surface area contributed by atoms with Crippen molar-refractivity contribution in [2.45, 2.75) is 52.5 Å². The zero-order valence-electron chi connectivity index (χ0n) is 14.8. The van der Waals surface area contributed by atoms with Crippen LogP contribution < -0.4 is 0 Å². The number of likely N-dealkylation sites (tertiary alicyclic amines) is 2. The average molecular weight is 297 g/mol. The topological polar surface area (TPSA) is 26.8 Å². The second kappa shape index (κ2) is 9.42. The lowest BCUT2D eigenvalue weighted by molar-refractivity contribution is -0.130. The van der Waals surface area contributed by atoms with Crippen LogP contribution in [0.1, 0.15) is 46.5 Å². The number of amides is 1. The quantitative estimate of drug-likeness (QED) is 0.800. The fourth-order valence-corrected chi connectivity index (χ4v) is 3.17. The second-order valence-corrected chi connectivity index (χ2v) is 6.51. The van der Waals surface area contributed by atoms with Gasteiger partial charge < -0.3 is 9.80 Å². The molecule has 0 spiro atoms. The van der Waals surface area contributed by atoms with Crippen molar-refractivity contribution in [1.29, 1.82) is 0 Å². The summed E-state index contributed by atoms with van der Waals surface area (Å²) in [5.74, 6) is 1.14. The standard InChI is InChI=1S/C15H29N3O.C2H6/c1-13-4-10-18(11-5-13)14-6-8-17(9-7-14)12-15(19)16(2)3;1-2/h13-14H,4-12H2,1-3H3;1-2H3. The van der Waals surface area contributed by atoms with E-state index < -0.39 is 0 Å². The van der Waals surface area contributed by atoms with Gasteiger partial charge in [-0.15, -0.1) is 0 Å². The predicted molar refractivity (Wildman–Crippen MR) is 89.5 cm³/mol. The van der Waals surface area contributed by atoms with E-state index in [2.05, 4.69) is 16.7 Å². The van der Waals surface area contributed by atoms with Crippen LogP contribution in [0.5, 0.6) is 0 Å². The number of hydrogen-bond acceptors (Lipinski definition) is 3. The lowest BCUT2D eigenvalue weighted by Crippen LogP contribution is -2.49. The summed E-state index contributed by atoms with van der Waals surface area (Å²) in [5.41, 5.74) is 0. The predicted octanol–water partition coefficient (Wildman–Crippen LogP) is 2.30. The molecule has 21 heavy (non-hydrogen) atoms. The lowest BCUT2D eigenvalue weighted by atomic mass is 9.95. The van der Waals surface area contributed by atoms with Crippen molar-refractivity contribution in [2.24, 2.45) is 5.92 Å². The Morgan fingerprint density at radius 2 is 1.52 bits per heavy atom. The number of nitrogens with zero attached hydrogens (tertiary/aromatic N) is 3. The van der Waals surface area contributed by atoms with E-state index in [0.29, 0.717) is 6.54 Å². The van der Waals surface area contributed by atoms with E-state index in [9.17, 15) is 4.79 Å². The molecule has 2 aliphatic heterocycles. The number of carbonyl (C=O) groups excluding carboxylic acids is 1. The van der Waals surface area contributed by atoms with E-state index >= 15 is 0 Å². The molecule has 1 amide bonds. The normalized spacial score (nSPS) is 22.5. The van der Waals surface area contributed by atoms with Crippen LogP contribution in [0.15, 0.2) is 0 Å². The summed E-state index contributed by atoms with van der Waals surface area (Å²) in [6.45, 7) is 11.7. The van der Waals surface area contributed by atoms with E-state index in [4.69, 9.17) is 0 Å². The minimum atomic E-state index is 0.227. The Kier molecular flexibility index (Phi) is 8.27. The third kappa shape index (κ3) is 5.95. The third-order valence-corrected chi connectivity index (χ3v) is 4.75. The zero-order valence-corrected chi connectivity index (χ0v) is 14.8. The molecule has 2 fully saturated rings. The Morgan fingerprint density at radius 3 is 2.00 bits per heavy atom. The first-order valence-corrected chi connectivity index (χ1v) is 8.73. The molecule has 0 saturated carbocycles. The first-order chi connectivity index (χ1) is 10.1. The van der Waals surface area contributed by atoms with Crippen molar-refractivity contribution in [3.05, 3.63) is 0 Å². The van der Waals surface area contributed by atoms with Gasteiger partial charge in [0.1, 0.15) is 0 Å². The number of hydrogen-bond donors (Lipinski definition) is 0. The SMILES string of the molecule is CC.CC1CCN(C2CCN(CC(=O)N(C)C)CC2)CC1. The highest BCUT2D eigenvalue weighted by Crippen LogP contribution is 2.23. The second-order valence-electron chi connectivity index (χ2n) is 6.51. The van der Waals surface area contributed by atoms with E-state index in [0.717, 1.165) is 25.0 Å². The molecule has 0 aliphatic carbocycles. The summed E-state index contributed by atoms with van der Waals surface area (Å²) in [6, 6.07) is 0.762. The van der Waals surface area contributed by atoms with Gasteiger partial charge in [0, 0.05) is 33.2 Å². The summed E-state index contributed by atoms with van der Waals surface area (Å²) in [5, 5.41) is 0. The van der Waals surface area contributed by atoms with E-state index in [1.807, 2.05) is 27.9 Å². The third-order valence-electron chi connectivity index (χ3n) is 4.75.